The average molecular weight is 296 g/mol. The second-order valence-electron chi connectivity index (χ2n) is 7.62. The molecule has 0 saturated heterocycles. The molecule has 1 heteroatoms. The van der Waals surface area contributed by atoms with Gasteiger partial charge in [-0.3, -0.25) is 0 Å². The maximum atomic E-state index is 6.00. The summed E-state index contributed by atoms with van der Waals surface area (Å²) in [6.45, 7) is 4.78. The summed E-state index contributed by atoms with van der Waals surface area (Å²) < 4.78 is 0. The topological polar surface area (TPSA) is 26.0 Å². The Labute approximate surface area is 134 Å². The molecule has 0 heterocycles. The lowest BCUT2D eigenvalue weighted by Crippen LogP contribution is -2.28. The van der Waals surface area contributed by atoms with Gasteiger partial charge in [-0.15, -0.1) is 0 Å². The summed E-state index contributed by atoms with van der Waals surface area (Å²) in [5.74, 6) is 1.91. The first-order chi connectivity index (χ1) is 10.2. The van der Waals surface area contributed by atoms with Crippen LogP contribution >= 0.6 is 0 Å². The van der Waals surface area contributed by atoms with Crippen molar-refractivity contribution >= 4 is 0 Å². The van der Waals surface area contributed by atoms with Crippen LogP contribution in [0.1, 0.15) is 110 Å². The largest absolute Gasteiger partial charge is 0.328 e. The van der Waals surface area contributed by atoms with E-state index in [2.05, 4.69) is 13.8 Å². The molecule has 1 nitrogen and oxygen atoms in total. The molecule has 1 atom stereocenters. The Bertz CT molecular complexity index is 218. The predicted octanol–water partition coefficient (Wildman–Crippen LogP) is 6.45. The number of nitrogens with two attached hydrogens (primary N) is 1. The molecule has 1 rings (SSSR count). The molecule has 0 aromatic rings. The Hall–Kier alpha value is -0.0400. The lowest BCUT2D eigenvalue weighted by Gasteiger charge is -2.30. The molecule has 126 valence electrons. The van der Waals surface area contributed by atoms with Gasteiger partial charge in [-0.25, -0.2) is 0 Å². The molecule has 0 radical (unpaired) electrons. The smallest absolute Gasteiger partial charge is 0.00390 e. The first kappa shape index (κ1) is 19.0. The first-order valence-electron chi connectivity index (χ1n) is 9.99. The third kappa shape index (κ3) is 9.55. The first-order valence-corrected chi connectivity index (χ1v) is 9.99. The van der Waals surface area contributed by atoms with Gasteiger partial charge >= 0.3 is 0 Å². The molecule has 0 aliphatic heterocycles. The molecule has 1 aliphatic rings. The summed E-state index contributed by atoms with van der Waals surface area (Å²) in [7, 11) is 0. The fourth-order valence-electron chi connectivity index (χ4n) is 3.90. The Morgan fingerprint density at radius 3 is 1.76 bits per heavy atom. The van der Waals surface area contributed by atoms with Crippen LogP contribution in [0.4, 0.5) is 0 Å². The van der Waals surface area contributed by atoms with E-state index >= 15 is 0 Å². The van der Waals surface area contributed by atoms with Gasteiger partial charge in [-0.2, -0.15) is 0 Å². The van der Waals surface area contributed by atoms with Crippen LogP contribution in [0.15, 0.2) is 0 Å². The van der Waals surface area contributed by atoms with Crippen LogP contribution in [0.5, 0.6) is 0 Å². The molecule has 1 fully saturated rings. The van der Waals surface area contributed by atoms with Crippen molar-refractivity contribution in [2.45, 2.75) is 116 Å². The normalized spacial score (nSPS) is 24.1. The van der Waals surface area contributed by atoms with Crippen molar-refractivity contribution in [2.75, 3.05) is 0 Å². The minimum Gasteiger partial charge on any atom is -0.328 e. The Kier molecular flexibility index (Phi) is 11.3. The van der Waals surface area contributed by atoms with E-state index in [-0.39, 0.29) is 0 Å². The fraction of sp³-hybridized carbons (Fsp3) is 1.00. The number of unbranched alkanes of at least 4 members (excludes halogenated alkanes) is 9. The zero-order chi connectivity index (χ0) is 15.3. The fourth-order valence-corrected chi connectivity index (χ4v) is 3.90. The van der Waals surface area contributed by atoms with Gasteiger partial charge in [0, 0.05) is 6.04 Å². The maximum Gasteiger partial charge on any atom is 0.00390 e. The third-order valence-electron chi connectivity index (χ3n) is 5.63. The van der Waals surface area contributed by atoms with Crippen LogP contribution in [-0.4, -0.2) is 6.04 Å². The van der Waals surface area contributed by atoms with Crippen molar-refractivity contribution in [1.29, 1.82) is 0 Å². The molecule has 0 bridgehead atoms. The molecular formula is C20H41N. The SMILES string of the molecule is CCCCCCCCCCCCC(C)C1CCC(N)CC1. The van der Waals surface area contributed by atoms with Crippen molar-refractivity contribution in [3.05, 3.63) is 0 Å². The molecule has 0 aromatic carbocycles. The van der Waals surface area contributed by atoms with Crippen molar-refractivity contribution in [3.8, 4) is 0 Å². The Morgan fingerprint density at radius 1 is 0.762 bits per heavy atom. The van der Waals surface area contributed by atoms with Gasteiger partial charge < -0.3 is 5.73 Å². The zero-order valence-corrected chi connectivity index (χ0v) is 14.9. The average Bonchev–Trinajstić information content (AvgIpc) is 2.49. The highest BCUT2D eigenvalue weighted by molar-refractivity contribution is 4.77. The van der Waals surface area contributed by atoms with Gasteiger partial charge in [0.1, 0.15) is 0 Å². The van der Waals surface area contributed by atoms with Gasteiger partial charge in [0.25, 0.3) is 0 Å². The van der Waals surface area contributed by atoms with Crippen LogP contribution in [0, 0.1) is 11.8 Å². The molecule has 1 aliphatic carbocycles. The molecular weight excluding hydrogens is 254 g/mol. The van der Waals surface area contributed by atoms with Crippen molar-refractivity contribution < 1.29 is 0 Å². The van der Waals surface area contributed by atoms with Crippen molar-refractivity contribution in [3.63, 3.8) is 0 Å². The quantitative estimate of drug-likeness (QED) is 0.411. The van der Waals surface area contributed by atoms with Crippen molar-refractivity contribution in [1.82, 2.24) is 0 Å². The summed E-state index contributed by atoms with van der Waals surface area (Å²) in [4.78, 5) is 0. The second-order valence-corrected chi connectivity index (χ2v) is 7.62. The van der Waals surface area contributed by atoms with Gasteiger partial charge in [0.15, 0.2) is 0 Å². The molecule has 0 amide bonds. The molecule has 0 aromatic heterocycles. The highest BCUT2D eigenvalue weighted by atomic mass is 14.6. The Balaban J connectivity index is 1.85. The second kappa shape index (κ2) is 12.5. The van der Waals surface area contributed by atoms with Crippen LogP contribution in [0.25, 0.3) is 0 Å². The number of rotatable bonds is 12. The van der Waals surface area contributed by atoms with Crippen LogP contribution < -0.4 is 5.73 Å². The van der Waals surface area contributed by atoms with E-state index in [4.69, 9.17) is 5.73 Å². The van der Waals surface area contributed by atoms with E-state index in [1.165, 1.54) is 96.3 Å². The number of hydrogen-bond donors (Lipinski definition) is 1. The standard InChI is InChI=1S/C20H41N/c1-3-4-5-6-7-8-9-10-11-12-13-18(2)19-14-16-20(21)17-15-19/h18-20H,3-17,21H2,1-2H3. The molecule has 21 heavy (non-hydrogen) atoms. The van der Waals surface area contributed by atoms with Gasteiger partial charge in [-0.1, -0.05) is 84.5 Å². The molecule has 1 saturated carbocycles. The van der Waals surface area contributed by atoms with Crippen molar-refractivity contribution in [2.24, 2.45) is 17.6 Å². The molecule has 2 N–H and O–H groups in total. The monoisotopic (exact) mass is 295 g/mol. The highest BCUT2D eigenvalue weighted by Gasteiger charge is 2.22. The van der Waals surface area contributed by atoms with Gasteiger partial charge in [0.2, 0.25) is 0 Å². The zero-order valence-electron chi connectivity index (χ0n) is 14.9. The Morgan fingerprint density at radius 2 is 1.24 bits per heavy atom. The van der Waals surface area contributed by atoms with Crippen LogP contribution in [-0.2, 0) is 0 Å². The maximum absolute atomic E-state index is 6.00. The van der Waals surface area contributed by atoms with Crippen LogP contribution in [0.3, 0.4) is 0 Å². The molecule has 0 spiro atoms. The molecule has 1 unspecified atom stereocenters. The summed E-state index contributed by atoms with van der Waals surface area (Å²) in [6, 6.07) is 0.505. The van der Waals surface area contributed by atoms with E-state index < -0.39 is 0 Å². The summed E-state index contributed by atoms with van der Waals surface area (Å²) >= 11 is 0. The van der Waals surface area contributed by atoms with Crippen LogP contribution in [0.2, 0.25) is 0 Å². The summed E-state index contributed by atoms with van der Waals surface area (Å²) in [6.07, 6.45) is 21.3. The minimum atomic E-state index is 0.505. The van der Waals surface area contributed by atoms with Gasteiger partial charge in [0.05, 0.1) is 0 Å². The third-order valence-corrected chi connectivity index (χ3v) is 5.63. The van der Waals surface area contributed by atoms with Gasteiger partial charge in [-0.05, 0) is 37.5 Å². The highest BCUT2D eigenvalue weighted by Crippen LogP contribution is 2.32. The lowest BCUT2D eigenvalue weighted by molar-refractivity contribution is 0.232. The van der Waals surface area contributed by atoms with E-state index in [9.17, 15) is 0 Å². The van der Waals surface area contributed by atoms with E-state index in [0.717, 1.165) is 11.8 Å². The lowest BCUT2D eigenvalue weighted by atomic mass is 9.77. The van der Waals surface area contributed by atoms with E-state index in [1.54, 1.807) is 0 Å². The minimum absolute atomic E-state index is 0.505. The predicted molar refractivity (Wildman–Crippen MR) is 95.6 cm³/mol. The summed E-state index contributed by atoms with van der Waals surface area (Å²) in [5, 5.41) is 0. The van der Waals surface area contributed by atoms with E-state index in [1.807, 2.05) is 0 Å². The number of hydrogen-bond acceptors (Lipinski definition) is 1. The van der Waals surface area contributed by atoms with E-state index in [0.29, 0.717) is 6.04 Å². The summed E-state index contributed by atoms with van der Waals surface area (Å²) in [5.41, 5.74) is 6.00.